The monoisotopic (exact) mass is 334 g/mol. The Hall–Kier alpha value is -1.75. The molecule has 3 N–H and O–H groups in total. The minimum Gasteiger partial charge on any atom is -0.469 e. The predicted molar refractivity (Wildman–Crippen MR) is 97.2 cm³/mol. The molecule has 1 aliphatic heterocycles. The van der Waals surface area contributed by atoms with E-state index in [1.54, 1.807) is 0 Å². The lowest BCUT2D eigenvalue weighted by molar-refractivity contribution is -0.141. The molecule has 134 valence electrons. The predicted octanol–water partition coefficient (Wildman–Crippen LogP) is 2.85. The molecular formula is C19H30N2O3. The van der Waals surface area contributed by atoms with Gasteiger partial charge in [0.05, 0.1) is 36.5 Å². The fraction of sp³-hybridized carbons (Fsp3) is 0.632. The summed E-state index contributed by atoms with van der Waals surface area (Å²) in [5.74, 6) is -0.232. The first-order chi connectivity index (χ1) is 11.1. The molecule has 5 heteroatoms. The van der Waals surface area contributed by atoms with Crippen molar-refractivity contribution in [2.24, 2.45) is 0 Å². The molecular weight excluding hydrogens is 304 g/mol. The van der Waals surface area contributed by atoms with Crippen LogP contribution in [0.25, 0.3) is 0 Å². The summed E-state index contributed by atoms with van der Waals surface area (Å²) in [6.07, 6.45) is 2.31. The first-order valence-electron chi connectivity index (χ1n) is 8.52. The second-order valence-electron chi connectivity index (χ2n) is 7.92. The third-order valence-corrected chi connectivity index (χ3v) is 5.00. The van der Waals surface area contributed by atoms with E-state index in [4.69, 9.17) is 10.5 Å². The van der Waals surface area contributed by atoms with Gasteiger partial charge in [0.15, 0.2) is 0 Å². The van der Waals surface area contributed by atoms with E-state index < -0.39 is 5.60 Å². The van der Waals surface area contributed by atoms with Gasteiger partial charge in [0.2, 0.25) is 0 Å². The summed E-state index contributed by atoms with van der Waals surface area (Å²) in [6.45, 7) is 8.60. The van der Waals surface area contributed by atoms with Gasteiger partial charge in [-0.15, -0.1) is 0 Å². The molecule has 1 heterocycles. The number of benzene rings is 1. The van der Waals surface area contributed by atoms with Crippen LogP contribution in [0.5, 0.6) is 0 Å². The quantitative estimate of drug-likeness (QED) is 0.640. The topological polar surface area (TPSA) is 75.8 Å². The number of nitrogen functional groups attached to an aromatic ring is 1. The van der Waals surface area contributed by atoms with Crippen LogP contribution in [-0.2, 0) is 14.9 Å². The van der Waals surface area contributed by atoms with Crippen LogP contribution in [0.15, 0.2) is 18.2 Å². The normalized spacial score (nSPS) is 18.8. The minimum absolute atomic E-state index is 0.0636. The molecule has 0 aliphatic carbocycles. The van der Waals surface area contributed by atoms with Crippen molar-refractivity contribution in [2.75, 3.05) is 24.3 Å². The van der Waals surface area contributed by atoms with Crippen LogP contribution in [0.4, 0.5) is 11.4 Å². The van der Waals surface area contributed by atoms with Crippen molar-refractivity contribution >= 4 is 17.3 Å². The van der Waals surface area contributed by atoms with Crippen molar-refractivity contribution in [3.63, 3.8) is 0 Å². The number of esters is 1. The van der Waals surface area contributed by atoms with Crippen molar-refractivity contribution in [3.05, 3.63) is 23.8 Å². The second-order valence-corrected chi connectivity index (χ2v) is 7.92. The lowest BCUT2D eigenvalue weighted by Gasteiger charge is -2.36. The van der Waals surface area contributed by atoms with Gasteiger partial charge in [-0.25, -0.2) is 0 Å². The number of methoxy groups -OCH3 is 1. The summed E-state index contributed by atoms with van der Waals surface area (Å²) in [5.41, 5.74) is 7.85. The van der Waals surface area contributed by atoms with E-state index in [1.165, 1.54) is 7.11 Å². The van der Waals surface area contributed by atoms with Gasteiger partial charge in [-0.3, -0.25) is 4.79 Å². The number of hydrogen-bond donors (Lipinski definition) is 2. The maximum Gasteiger partial charge on any atom is 0.306 e. The standard InChI is InChI=1S/C19H30N2O3/c1-18(2,12-17(22)24-5)13-8-9-15(14(20)11-13)21-10-6-7-16(21)19(3,4)23/h8-9,11,16,23H,6-7,10,12,20H2,1-5H3/t16-/m0/s1. The molecule has 0 amide bonds. The first-order valence-corrected chi connectivity index (χ1v) is 8.52. The second kappa shape index (κ2) is 6.63. The van der Waals surface area contributed by atoms with Crippen molar-refractivity contribution in [1.29, 1.82) is 0 Å². The molecule has 24 heavy (non-hydrogen) atoms. The number of ether oxygens (including phenoxy) is 1. The summed E-state index contributed by atoms with van der Waals surface area (Å²) in [7, 11) is 1.40. The largest absolute Gasteiger partial charge is 0.469 e. The number of aliphatic hydroxyl groups is 1. The van der Waals surface area contributed by atoms with E-state index in [9.17, 15) is 9.90 Å². The molecule has 0 radical (unpaired) electrons. The van der Waals surface area contributed by atoms with E-state index in [0.717, 1.165) is 30.6 Å². The Morgan fingerprint density at radius 3 is 2.58 bits per heavy atom. The van der Waals surface area contributed by atoms with Gasteiger partial charge in [-0.1, -0.05) is 19.9 Å². The van der Waals surface area contributed by atoms with Crippen LogP contribution < -0.4 is 10.6 Å². The maximum atomic E-state index is 11.6. The summed E-state index contributed by atoms with van der Waals surface area (Å²) in [6, 6.07) is 6.04. The molecule has 1 aliphatic rings. The summed E-state index contributed by atoms with van der Waals surface area (Å²) in [5, 5.41) is 10.4. The lowest BCUT2D eigenvalue weighted by atomic mass is 9.81. The minimum atomic E-state index is -0.772. The van der Waals surface area contributed by atoms with Gasteiger partial charge in [0.25, 0.3) is 0 Å². The van der Waals surface area contributed by atoms with E-state index >= 15 is 0 Å². The molecule has 2 rings (SSSR count). The first kappa shape index (κ1) is 18.6. The summed E-state index contributed by atoms with van der Waals surface area (Å²) < 4.78 is 4.79. The van der Waals surface area contributed by atoms with Crippen LogP contribution in [0, 0.1) is 0 Å². The van der Waals surface area contributed by atoms with Crippen LogP contribution in [0.3, 0.4) is 0 Å². The van der Waals surface area contributed by atoms with E-state index in [-0.39, 0.29) is 17.4 Å². The number of nitrogens with two attached hydrogens (primary N) is 1. The van der Waals surface area contributed by atoms with Gasteiger partial charge >= 0.3 is 5.97 Å². The van der Waals surface area contributed by atoms with E-state index in [0.29, 0.717) is 12.1 Å². The molecule has 1 aromatic carbocycles. The molecule has 5 nitrogen and oxygen atoms in total. The fourth-order valence-electron chi connectivity index (χ4n) is 3.56. The molecule has 1 aromatic rings. The number of rotatable bonds is 5. The Balaban J connectivity index is 2.28. The third-order valence-electron chi connectivity index (χ3n) is 5.00. The van der Waals surface area contributed by atoms with Gasteiger partial charge in [-0.05, 0) is 44.4 Å². The zero-order valence-corrected chi connectivity index (χ0v) is 15.4. The van der Waals surface area contributed by atoms with Crippen molar-refractivity contribution in [3.8, 4) is 0 Å². The van der Waals surface area contributed by atoms with Crippen LogP contribution >= 0.6 is 0 Å². The average Bonchev–Trinajstić information content (AvgIpc) is 2.95. The number of carbonyl (C=O) groups is 1. The van der Waals surface area contributed by atoms with Crippen molar-refractivity contribution < 1.29 is 14.6 Å². The maximum absolute atomic E-state index is 11.6. The summed E-state index contributed by atoms with van der Waals surface area (Å²) in [4.78, 5) is 13.8. The molecule has 0 saturated carbocycles. The molecule has 1 fully saturated rings. The van der Waals surface area contributed by atoms with Crippen molar-refractivity contribution in [1.82, 2.24) is 0 Å². The Morgan fingerprint density at radius 1 is 1.38 bits per heavy atom. The molecule has 0 bridgehead atoms. The molecule has 0 unspecified atom stereocenters. The van der Waals surface area contributed by atoms with Gasteiger partial charge in [-0.2, -0.15) is 0 Å². The molecule has 0 spiro atoms. The molecule has 0 aromatic heterocycles. The number of nitrogens with zero attached hydrogens (tertiary/aromatic N) is 1. The highest BCUT2D eigenvalue weighted by Crippen LogP contribution is 2.37. The van der Waals surface area contributed by atoms with Crippen molar-refractivity contribution in [2.45, 2.75) is 64.0 Å². The Morgan fingerprint density at radius 2 is 2.04 bits per heavy atom. The number of hydrogen-bond acceptors (Lipinski definition) is 5. The Kier molecular flexibility index (Phi) is 5.14. The number of carbonyl (C=O) groups excluding carboxylic acids is 1. The van der Waals surface area contributed by atoms with Crippen LogP contribution in [0.2, 0.25) is 0 Å². The summed E-state index contributed by atoms with van der Waals surface area (Å²) >= 11 is 0. The molecule has 1 atom stereocenters. The van der Waals surface area contributed by atoms with Crippen LogP contribution in [-0.4, -0.2) is 36.4 Å². The zero-order chi connectivity index (χ0) is 18.1. The highest BCUT2D eigenvalue weighted by Gasteiger charge is 2.37. The zero-order valence-electron chi connectivity index (χ0n) is 15.4. The smallest absolute Gasteiger partial charge is 0.306 e. The van der Waals surface area contributed by atoms with Gasteiger partial charge in [0, 0.05) is 12.0 Å². The van der Waals surface area contributed by atoms with E-state index in [1.807, 2.05) is 45.9 Å². The van der Waals surface area contributed by atoms with Crippen LogP contribution in [0.1, 0.15) is 52.5 Å². The number of anilines is 2. The lowest BCUT2D eigenvalue weighted by Crippen LogP contribution is -2.46. The highest BCUT2D eigenvalue weighted by atomic mass is 16.5. The average molecular weight is 334 g/mol. The Bertz CT molecular complexity index is 605. The Labute approximate surface area is 144 Å². The SMILES string of the molecule is COC(=O)CC(C)(C)c1ccc(N2CCC[C@H]2C(C)(C)O)c(N)c1. The third kappa shape index (κ3) is 3.83. The molecule has 1 saturated heterocycles. The van der Waals surface area contributed by atoms with Gasteiger partial charge in [0.1, 0.15) is 0 Å². The fourth-order valence-corrected chi connectivity index (χ4v) is 3.56. The highest BCUT2D eigenvalue weighted by molar-refractivity contribution is 5.73. The van der Waals surface area contributed by atoms with Gasteiger partial charge < -0.3 is 20.5 Å². The van der Waals surface area contributed by atoms with E-state index in [2.05, 4.69) is 4.90 Å².